The van der Waals surface area contributed by atoms with E-state index in [9.17, 15) is 13.2 Å². The molecular formula is C27H31N3O3S. The van der Waals surface area contributed by atoms with E-state index in [0.717, 1.165) is 48.3 Å². The molecule has 0 bridgehead atoms. The second-order valence-electron chi connectivity index (χ2n) is 9.00. The van der Waals surface area contributed by atoms with E-state index in [4.69, 9.17) is 0 Å². The van der Waals surface area contributed by atoms with Gasteiger partial charge in [-0.25, -0.2) is 8.42 Å². The lowest BCUT2D eigenvalue weighted by atomic mass is 9.93. The maximum atomic E-state index is 12.4. The highest BCUT2D eigenvalue weighted by Crippen LogP contribution is 2.25. The SMILES string of the molecule is CN1CCC(CC(=O)Nc2ccc(-c3ccc(NS(=O)(=O)Cc4ccccc4)cc3)cc2)CC1. The van der Waals surface area contributed by atoms with Crippen LogP contribution in [0.1, 0.15) is 24.8 Å². The van der Waals surface area contributed by atoms with Gasteiger partial charge in [0, 0.05) is 17.8 Å². The van der Waals surface area contributed by atoms with E-state index >= 15 is 0 Å². The molecule has 1 saturated heterocycles. The molecule has 2 N–H and O–H groups in total. The van der Waals surface area contributed by atoms with Crippen LogP contribution in [-0.4, -0.2) is 39.4 Å². The van der Waals surface area contributed by atoms with Crippen LogP contribution in [0.3, 0.4) is 0 Å². The minimum Gasteiger partial charge on any atom is -0.326 e. The Hall–Kier alpha value is -3.16. The van der Waals surface area contributed by atoms with Crippen LogP contribution in [0, 0.1) is 5.92 Å². The number of amides is 1. The predicted octanol–water partition coefficient (Wildman–Crippen LogP) is 4.97. The Labute approximate surface area is 202 Å². The average molecular weight is 478 g/mol. The molecule has 178 valence electrons. The minimum atomic E-state index is -3.49. The third kappa shape index (κ3) is 6.92. The summed E-state index contributed by atoms with van der Waals surface area (Å²) in [6.45, 7) is 2.11. The average Bonchev–Trinajstić information content (AvgIpc) is 2.82. The molecule has 1 heterocycles. The Bertz CT molecular complexity index is 1190. The first-order chi connectivity index (χ1) is 16.4. The van der Waals surface area contributed by atoms with Gasteiger partial charge >= 0.3 is 0 Å². The molecular weight excluding hydrogens is 446 g/mol. The molecule has 0 aromatic heterocycles. The second-order valence-corrected chi connectivity index (χ2v) is 10.7. The molecule has 3 aromatic carbocycles. The van der Waals surface area contributed by atoms with E-state index in [1.54, 1.807) is 24.3 Å². The van der Waals surface area contributed by atoms with Gasteiger partial charge < -0.3 is 10.2 Å². The van der Waals surface area contributed by atoms with E-state index < -0.39 is 10.0 Å². The van der Waals surface area contributed by atoms with Crippen LogP contribution in [0.5, 0.6) is 0 Å². The maximum absolute atomic E-state index is 12.4. The largest absolute Gasteiger partial charge is 0.326 e. The summed E-state index contributed by atoms with van der Waals surface area (Å²) in [4.78, 5) is 14.7. The Morgan fingerprint density at radius 1 is 0.853 bits per heavy atom. The summed E-state index contributed by atoms with van der Waals surface area (Å²) < 4.78 is 27.5. The number of carbonyl (C=O) groups excluding carboxylic acids is 1. The summed E-state index contributed by atoms with van der Waals surface area (Å²) in [5, 5.41) is 3.00. The number of anilines is 2. The van der Waals surface area contributed by atoms with E-state index in [1.807, 2.05) is 54.6 Å². The first kappa shape index (κ1) is 24.0. The van der Waals surface area contributed by atoms with Gasteiger partial charge in [0.25, 0.3) is 0 Å². The second kappa shape index (κ2) is 10.8. The first-order valence-corrected chi connectivity index (χ1v) is 13.2. The van der Waals surface area contributed by atoms with Crippen molar-refractivity contribution in [2.75, 3.05) is 30.2 Å². The molecule has 3 aromatic rings. The zero-order valence-electron chi connectivity index (χ0n) is 19.4. The van der Waals surface area contributed by atoms with Crippen molar-refractivity contribution in [2.45, 2.75) is 25.0 Å². The molecule has 1 fully saturated rings. The predicted molar refractivity (Wildman–Crippen MR) is 138 cm³/mol. The van der Waals surface area contributed by atoms with Crippen molar-refractivity contribution in [3.8, 4) is 11.1 Å². The van der Waals surface area contributed by atoms with Gasteiger partial charge in [-0.2, -0.15) is 0 Å². The number of hydrogen-bond acceptors (Lipinski definition) is 4. The zero-order chi connectivity index (χ0) is 24.0. The highest BCUT2D eigenvalue weighted by Gasteiger charge is 2.19. The molecule has 6 nitrogen and oxygen atoms in total. The molecule has 0 saturated carbocycles. The summed E-state index contributed by atoms with van der Waals surface area (Å²) in [5.74, 6) is 0.453. The number of carbonyl (C=O) groups is 1. The van der Waals surface area contributed by atoms with Crippen LogP contribution in [-0.2, 0) is 20.6 Å². The molecule has 7 heteroatoms. The minimum absolute atomic E-state index is 0.0643. The van der Waals surface area contributed by atoms with Crippen molar-refractivity contribution in [1.82, 2.24) is 4.90 Å². The third-order valence-corrected chi connectivity index (χ3v) is 7.43. The number of sulfonamides is 1. The number of piperidine rings is 1. The summed E-state index contributed by atoms with van der Waals surface area (Å²) in [6.07, 6.45) is 2.71. The lowest BCUT2D eigenvalue weighted by molar-refractivity contribution is -0.117. The zero-order valence-corrected chi connectivity index (χ0v) is 20.2. The number of likely N-dealkylation sites (tertiary alicyclic amines) is 1. The van der Waals surface area contributed by atoms with Crippen molar-refractivity contribution in [2.24, 2.45) is 5.92 Å². The molecule has 34 heavy (non-hydrogen) atoms. The topological polar surface area (TPSA) is 78.5 Å². The Balaban J connectivity index is 1.31. The smallest absolute Gasteiger partial charge is 0.236 e. The third-order valence-electron chi connectivity index (χ3n) is 6.17. The summed E-state index contributed by atoms with van der Waals surface area (Å²) >= 11 is 0. The number of nitrogens with zero attached hydrogens (tertiary/aromatic N) is 1. The lowest BCUT2D eigenvalue weighted by Gasteiger charge is -2.28. The molecule has 0 unspecified atom stereocenters. The molecule has 1 aliphatic rings. The first-order valence-electron chi connectivity index (χ1n) is 11.6. The summed E-state index contributed by atoms with van der Waals surface area (Å²) in [5.41, 5.74) is 4.01. The highest BCUT2D eigenvalue weighted by molar-refractivity contribution is 7.91. The Morgan fingerprint density at radius 2 is 1.41 bits per heavy atom. The van der Waals surface area contributed by atoms with Gasteiger partial charge in [-0.05, 0) is 79.9 Å². The van der Waals surface area contributed by atoms with Gasteiger partial charge in [0.2, 0.25) is 15.9 Å². The van der Waals surface area contributed by atoms with Crippen LogP contribution in [0.15, 0.2) is 78.9 Å². The van der Waals surface area contributed by atoms with Crippen LogP contribution < -0.4 is 10.0 Å². The highest BCUT2D eigenvalue weighted by atomic mass is 32.2. The van der Waals surface area contributed by atoms with Crippen LogP contribution in [0.2, 0.25) is 0 Å². The lowest BCUT2D eigenvalue weighted by Crippen LogP contribution is -2.31. The molecule has 1 amide bonds. The van der Waals surface area contributed by atoms with Crippen molar-refractivity contribution < 1.29 is 13.2 Å². The molecule has 0 atom stereocenters. The van der Waals surface area contributed by atoms with E-state index in [2.05, 4.69) is 22.0 Å². The van der Waals surface area contributed by atoms with Crippen molar-refractivity contribution >= 4 is 27.3 Å². The van der Waals surface area contributed by atoms with Gasteiger partial charge in [0.1, 0.15) is 0 Å². The summed E-state index contributed by atoms with van der Waals surface area (Å²) in [7, 11) is -1.37. The monoisotopic (exact) mass is 477 g/mol. The van der Waals surface area contributed by atoms with E-state index in [-0.39, 0.29) is 11.7 Å². The Kier molecular flexibility index (Phi) is 7.65. The number of hydrogen-bond donors (Lipinski definition) is 2. The van der Waals surface area contributed by atoms with Gasteiger partial charge in [-0.15, -0.1) is 0 Å². The van der Waals surface area contributed by atoms with Crippen LogP contribution in [0.25, 0.3) is 11.1 Å². The molecule has 1 aliphatic heterocycles. The number of rotatable bonds is 8. The Morgan fingerprint density at radius 3 is 2.00 bits per heavy atom. The van der Waals surface area contributed by atoms with Gasteiger partial charge in [-0.3, -0.25) is 9.52 Å². The van der Waals surface area contributed by atoms with Crippen LogP contribution in [0.4, 0.5) is 11.4 Å². The normalized spacial score (nSPS) is 15.1. The molecule has 4 rings (SSSR count). The quantitative estimate of drug-likeness (QED) is 0.480. The fourth-order valence-corrected chi connectivity index (χ4v) is 5.43. The number of nitrogens with one attached hydrogen (secondary N) is 2. The molecule has 0 radical (unpaired) electrons. The van der Waals surface area contributed by atoms with Gasteiger partial charge in [0.05, 0.1) is 5.75 Å². The van der Waals surface area contributed by atoms with Gasteiger partial charge in [-0.1, -0.05) is 54.6 Å². The molecule has 0 aliphatic carbocycles. The fourth-order valence-electron chi connectivity index (χ4n) is 4.23. The van der Waals surface area contributed by atoms with Crippen molar-refractivity contribution in [1.29, 1.82) is 0 Å². The van der Waals surface area contributed by atoms with Crippen LogP contribution >= 0.6 is 0 Å². The number of benzene rings is 3. The standard InChI is InChI=1S/C27H31N3O3S/c1-30-17-15-21(16-18-30)19-27(31)28-25-11-7-23(8-12-25)24-9-13-26(14-10-24)29-34(32,33)20-22-5-3-2-4-6-22/h2-14,21,29H,15-20H2,1H3,(H,28,31). The molecule has 0 spiro atoms. The van der Waals surface area contributed by atoms with Crippen molar-refractivity contribution in [3.63, 3.8) is 0 Å². The van der Waals surface area contributed by atoms with E-state index in [1.165, 1.54) is 0 Å². The van der Waals surface area contributed by atoms with Gasteiger partial charge in [0.15, 0.2) is 0 Å². The summed E-state index contributed by atoms with van der Waals surface area (Å²) in [6, 6.07) is 24.1. The maximum Gasteiger partial charge on any atom is 0.236 e. The fraction of sp³-hybridized carbons (Fsp3) is 0.296. The van der Waals surface area contributed by atoms with E-state index in [0.29, 0.717) is 18.0 Å². The van der Waals surface area contributed by atoms with Crippen molar-refractivity contribution in [3.05, 3.63) is 84.4 Å².